The lowest BCUT2D eigenvalue weighted by atomic mass is 10.3. The summed E-state index contributed by atoms with van der Waals surface area (Å²) in [6.07, 6.45) is 3.96. The Bertz CT molecular complexity index is 242. The zero-order valence-electron chi connectivity index (χ0n) is 8.27. The average molecular weight is 183 g/mol. The van der Waals surface area contributed by atoms with Gasteiger partial charge in [0.2, 0.25) is 5.95 Å². The molecule has 2 N–H and O–H groups in total. The summed E-state index contributed by atoms with van der Waals surface area (Å²) in [7, 11) is 4.15. The molecule has 74 valence electrons. The second kappa shape index (κ2) is 4.81. The van der Waals surface area contributed by atoms with Gasteiger partial charge < -0.3 is 10.6 Å². The summed E-state index contributed by atoms with van der Waals surface area (Å²) in [5.41, 5.74) is 5.38. The second-order valence-corrected chi connectivity index (χ2v) is 3.38. The minimum atomic E-state index is 0.354. The molecule has 0 atom stereocenters. The molecule has 0 amide bonds. The maximum atomic E-state index is 5.38. The highest BCUT2D eigenvalue weighted by Gasteiger charge is 1.95. The highest BCUT2D eigenvalue weighted by Crippen LogP contribution is 1.96. The average Bonchev–Trinajstić information content (AvgIpc) is 2.45. The lowest BCUT2D eigenvalue weighted by molar-refractivity contribution is 0.384. The lowest BCUT2D eigenvalue weighted by Crippen LogP contribution is -2.13. The van der Waals surface area contributed by atoms with Crippen molar-refractivity contribution in [2.24, 2.45) is 0 Å². The number of unbranched alkanes of at least 4 members (excludes halogenated alkanes) is 1. The third-order valence-corrected chi connectivity index (χ3v) is 1.80. The summed E-state index contributed by atoms with van der Waals surface area (Å²) in [5.74, 6) is 0.354. The lowest BCUT2D eigenvalue weighted by Gasteiger charge is -2.08. The van der Waals surface area contributed by atoms with Crippen LogP contribution in [0.15, 0.2) is 6.33 Å². The standard InChI is InChI=1S/C8H17N5/c1-12(2)5-3-4-6-13-7-10-8(9)11-13/h7H,3-6H2,1-2H3,(H2,9,11). The second-order valence-electron chi connectivity index (χ2n) is 3.38. The number of aryl methyl sites for hydroxylation is 1. The fraction of sp³-hybridized carbons (Fsp3) is 0.750. The molecule has 1 aromatic heterocycles. The van der Waals surface area contributed by atoms with Crippen molar-refractivity contribution in [1.29, 1.82) is 0 Å². The van der Waals surface area contributed by atoms with E-state index in [1.165, 1.54) is 6.42 Å². The summed E-state index contributed by atoms with van der Waals surface area (Å²) >= 11 is 0. The maximum absolute atomic E-state index is 5.38. The van der Waals surface area contributed by atoms with Crippen LogP contribution < -0.4 is 5.73 Å². The van der Waals surface area contributed by atoms with Gasteiger partial charge in [-0.15, -0.1) is 5.10 Å². The van der Waals surface area contributed by atoms with Crippen LogP contribution in [0.1, 0.15) is 12.8 Å². The number of hydrogen-bond donors (Lipinski definition) is 1. The molecule has 0 aromatic carbocycles. The predicted octanol–water partition coefficient (Wildman–Crippen LogP) is 0.202. The Kier molecular flexibility index (Phi) is 3.70. The molecule has 0 fully saturated rings. The maximum Gasteiger partial charge on any atom is 0.239 e. The Labute approximate surface area is 78.5 Å². The summed E-state index contributed by atoms with van der Waals surface area (Å²) < 4.78 is 1.78. The third kappa shape index (κ3) is 3.89. The quantitative estimate of drug-likeness (QED) is 0.663. The Morgan fingerprint density at radius 1 is 1.46 bits per heavy atom. The van der Waals surface area contributed by atoms with E-state index in [1.807, 2.05) is 0 Å². The van der Waals surface area contributed by atoms with Crippen LogP contribution in [-0.4, -0.2) is 40.3 Å². The number of nitrogens with zero attached hydrogens (tertiary/aromatic N) is 4. The van der Waals surface area contributed by atoms with E-state index in [4.69, 9.17) is 5.73 Å². The van der Waals surface area contributed by atoms with E-state index >= 15 is 0 Å². The summed E-state index contributed by atoms with van der Waals surface area (Å²) in [4.78, 5) is 6.03. The molecule has 0 bridgehead atoms. The first-order chi connectivity index (χ1) is 6.18. The number of anilines is 1. The van der Waals surface area contributed by atoms with Crippen molar-refractivity contribution in [1.82, 2.24) is 19.7 Å². The minimum absolute atomic E-state index is 0.354. The van der Waals surface area contributed by atoms with Gasteiger partial charge in [0.1, 0.15) is 6.33 Å². The molecule has 1 rings (SSSR count). The van der Waals surface area contributed by atoms with E-state index in [2.05, 4.69) is 29.1 Å². The Morgan fingerprint density at radius 2 is 2.23 bits per heavy atom. The smallest absolute Gasteiger partial charge is 0.239 e. The summed E-state index contributed by atoms with van der Waals surface area (Å²) in [6.45, 7) is 2.02. The number of hydrogen-bond acceptors (Lipinski definition) is 4. The Morgan fingerprint density at radius 3 is 2.77 bits per heavy atom. The SMILES string of the molecule is CN(C)CCCCn1cnc(N)n1. The van der Waals surface area contributed by atoms with E-state index in [-0.39, 0.29) is 0 Å². The van der Waals surface area contributed by atoms with Crippen molar-refractivity contribution in [3.8, 4) is 0 Å². The van der Waals surface area contributed by atoms with Gasteiger partial charge in [0, 0.05) is 6.54 Å². The van der Waals surface area contributed by atoms with Gasteiger partial charge in [-0.25, -0.2) is 4.98 Å². The first kappa shape index (κ1) is 9.98. The molecule has 0 saturated carbocycles. The minimum Gasteiger partial charge on any atom is -0.367 e. The Hall–Kier alpha value is -1.10. The molecule has 0 aliphatic rings. The molecule has 5 heteroatoms. The molecule has 1 aromatic rings. The molecule has 13 heavy (non-hydrogen) atoms. The normalized spacial score (nSPS) is 11.0. The molecule has 0 spiro atoms. The van der Waals surface area contributed by atoms with Gasteiger partial charge in [-0.3, -0.25) is 4.68 Å². The fourth-order valence-electron chi connectivity index (χ4n) is 1.12. The van der Waals surface area contributed by atoms with Gasteiger partial charge in [-0.05, 0) is 33.5 Å². The van der Waals surface area contributed by atoms with Crippen LogP contribution in [-0.2, 0) is 6.54 Å². The highest BCUT2D eigenvalue weighted by atomic mass is 15.3. The number of aromatic nitrogens is 3. The molecule has 1 heterocycles. The third-order valence-electron chi connectivity index (χ3n) is 1.80. The predicted molar refractivity (Wildman–Crippen MR) is 52.2 cm³/mol. The molecular formula is C8H17N5. The first-order valence-electron chi connectivity index (χ1n) is 4.48. The van der Waals surface area contributed by atoms with Crippen LogP contribution in [0.4, 0.5) is 5.95 Å². The van der Waals surface area contributed by atoms with Crippen LogP contribution in [0.25, 0.3) is 0 Å². The van der Waals surface area contributed by atoms with Crippen LogP contribution in [0, 0.1) is 0 Å². The van der Waals surface area contributed by atoms with Crippen LogP contribution in [0.3, 0.4) is 0 Å². The van der Waals surface area contributed by atoms with Gasteiger partial charge >= 0.3 is 0 Å². The number of nitrogens with two attached hydrogens (primary N) is 1. The summed E-state index contributed by atoms with van der Waals surface area (Å²) in [5, 5.41) is 4.00. The molecular weight excluding hydrogens is 166 g/mol. The largest absolute Gasteiger partial charge is 0.367 e. The summed E-state index contributed by atoms with van der Waals surface area (Å²) in [6, 6.07) is 0. The molecule has 5 nitrogen and oxygen atoms in total. The Balaban J connectivity index is 2.13. The first-order valence-corrected chi connectivity index (χ1v) is 4.48. The van der Waals surface area contributed by atoms with Gasteiger partial charge in [0.15, 0.2) is 0 Å². The van der Waals surface area contributed by atoms with Crippen molar-refractivity contribution in [2.75, 3.05) is 26.4 Å². The van der Waals surface area contributed by atoms with Crippen LogP contribution >= 0.6 is 0 Å². The van der Waals surface area contributed by atoms with E-state index in [0.717, 1.165) is 19.5 Å². The van der Waals surface area contributed by atoms with E-state index in [1.54, 1.807) is 11.0 Å². The van der Waals surface area contributed by atoms with Crippen molar-refractivity contribution in [2.45, 2.75) is 19.4 Å². The molecule has 0 aliphatic heterocycles. The highest BCUT2D eigenvalue weighted by molar-refractivity contribution is 5.08. The monoisotopic (exact) mass is 183 g/mol. The van der Waals surface area contributed by atoms with Gasteiger partial charge in [0.25, 0.3) is 0 Å². The molecule has 0 radical (unpaired) electrons. The van der Waals surface area contributed by atoms with E-state index < -0.39 is 0 Å². The molecule has 0 saturated heterocycles. The van der Waals surface area contributed by atoms with Gasteiger partial charge in [0.05, 0.1) is 0 Å². The number of nitrogen functional groups attached to an aromatic ring is 1. The van der Waals surface area contributed by atoms with Crippen molar-refractivity contribution >= 4 is 5.95 Å². The zero-order valence-corrected chi connectivity index (χ0v) is 8.27. The van der Waals surface area contributed by atoms with Crippen molar-refractivity contribution in [3.05, 3.63) is 6.33 Å². The van der Waals surface area contributed by atoms with E-state index in [0.29, 0.717) is 5.95 Å². The van der Waals surface area contributed by atoms with E-state index in [9.17, 15) is 0 Å². The molecule has 0 unspecified atom stereocenters. The van der Waals surface area contributed by atoms with Crippen LogP contribution in [0.5, 0.6) is 0 Å². The number of rotatable bonds is 5. The van der Waals surface area contributed by atoms with Crippen molar-refractivity contribution in [3.63, 3.8) is 0 Å². The fourth-order valence-corrected chi connectivity index (χ4v) is 1.12. The zero-order chi connectivity index (χ0) is 9.68. The van der Waals surface area contributed by atoms with Crippen LogP contribution in [0.2, 0.25) is 0 Å². The van der Waals surface area contributed by atoms with Crippen molar-refractivity contribution < 1.29 is 0 Å². The van der Waals surface area contributed by atoms with Gasteiger partial charge in [-0.1, -0.05) is 0 Å². The topological polar surface area (TPSA) is 60.0 Å². The molecule has 0 aliphatic carbocycles. The van der Waals surface area contributed by atoms with Gasteiger partial charge in [-0.2, -0.15) is 0 Å².